The number of hydrogen-bond donors (Lipinski definition) is 2. The summed E-state index contributed by atoms with van der Waals surface area (Å²) < 4.78 is 1.92. The predicted molar refractivity (Wildman–Crippen MR) is 106 cm³/mol. The van der Waals surface area contributed by atoms with Crippen LogP contribution in [0.2, 0.25) is 0 Å². The molecule has 142 valence electrons. The minimum absolute atomic E-state index is 0.161. The number of nitrogens with one attached hydrogen (secondary N) is 2. The fourth-order valence-electron chi connectivity index (χ4n) is 5.08. The molecule has 2 aromatic rings. The van der Waals surface area contributed by atoms with Crippen LogP contribution in [0.15, 0.2) is 36.4 Å². The van der Waals surface area contributed by atoms with Crippen molar-refractivity contribution in [2.24, 2.45) is 11.3 Å². The van der Waals surface area contributed by atoms with E-state index in [1.54, 1.807) is 0 Å². The number of rotatable bonds is 4. The number of amides is 1. The molecule has 1 spiro atoms. The molecule has 0 radical (unpaired) electrons. The molecule has 2 N–H and O–H groups in total. The van der Waals surface area contributed by atoms with Gasteiger partial charge in [0, 0.05) is 17.9 Å². The molecule has 3 fully saturated rings. The third-order valence-corrected chi connectivity index (χ3v) is 6.86. The van der Waals surface area contributed by atoms with Gasteiger partial charge in [-0.1, -0.05) is 31.0 Å². The van der Waals surface area contributed by atoms with E-state index in [1.807, 2.05) is 35.0 Å². The van der Waals surface area contributed by atoms with E-state index in [-0.39, 0.29) is 17.2 Å². The molecule has 1 saturated heterocycles. The van der Waals surface area contributed by atoms with Crippen molar-refractivity contribution in [3.63, 3.8) is 0 Å². The summed E-state index contributed by atoms with van der Waals surface area (Å²) in [6.45, 7) is 2.08. The molecule has 5 nitrogen and oxygen atoms in total. The van der Waals surface area contributed by atoms with Gasteiger partial charge in [-0.3, -0.25) is 4.79 Å². The molecule has 1 amide bonds. The Morgan fingerprint density at radius 1 is 1.15 bits per heavy atom. The fourth-order valence-corrected chi connectivity index (χ4v) is 5.08. The van der Waals surface area contributed by atoms with E-state index in [9.17, 15) is 4.79 Å². The molecular formula is C22H28N4O. The number of aromatic nitrogens is 2. The lowest BCUT2D eigenvalue weighted by molar-refractivity contribution is -0.118. The molecule has 5 heteroatoms. The lowest BCUT2D eigenvalue weighted by Crippen LogP contribution is -2.31. The van der Waals surface area contributed by atoms with Crippen LogP contribution in [0.25, 0.3) is 5.69 Å². The third kappa shape index (κ3) is 3.18. The van der Waals surface area contributed by atoms with Crippen molar-refractivity contribution in [1.82, 2.24) is 15.1 Å². The SMILES string of the molecule is O=C(Nc1cc(C2CCCC2)nn1-c1ccccc1)C1CC12CCNCC2. The Balaban J connectivity index is 1.40. The van der Waals surface area contributed by atoms with Gasteiger partial charge in [0.2, 0.25) is 5.91 Å². The van der Waals surface area contributed by atoms with Crippen LogP contribution in [0.1, 0.15) is 56.6 Å². The van der Waals surface area contributed by atoms with Crippen molar-refractivity contribution in [2.45, 2.75) is 50.9 Å². The first kappa shape index (κ1) is 17.0. The number of anilines is 1. The lowest BCUT2D eigenvalue weighted by Gasteiger charge is -2.23. The molecule has 1 aliphatic heterocycles. The second kappa shape index (κ2) is 6.79. The maximum absolute atomic E-state index is 13.0. The summed E-state index contributed by atoms with van der Waals surface area (Å²) in [6, 6.07) is 12.2. The van der Waals surface area contributed by atoms with Gasteiger partial charge in [0.15, 0.2) is 0 Å². The van der Waals surface area contributed by atoms with Gasteiger partial charge < -0.3 is 10.6 Å². The monoisotopic (exact) mass is 364 g/mol. The highest BCUT2D eigenvalue weighted by Crippen LogP contribution is 2.58. The average Bonchev–Trinajstić information content (AvgIpc) is 3.08. The molecule has 3 aliphatic rings. The lowest BCUT2D eigenvalue weighted by atomic mass is 9.92. The van der Waals surface area contributed by atoms with Crippen LogP contribution >= 0.6 is 0 Å². The van der Waals surface area contributed by atoms with Gasteiger partial charge in [-0.05, 0) is 62.7 Å². The van der Waals surface area contributed by atoms with E-state index in [0.717, 1.165) is 49.6 Å². The smallest absolute Gasteiger partial charge is 0.229 e. The fraction of sp³-hybridized carbons (Fsp3) is 0.545. The number of hydrogen-bond acceptors (Lipinski definition) is 3. The van der Waals surface area contributed by atoms with Gasteiger partial charge in [-0.2, -0.15) is 5.10 Å². The summed E-state index contributed by atoms with van der Waals surface area (Å²) in [4.78, 5) is 13.0. The van der Waals surface area contributed by atoms with E-state index < -0.39 is 0 Å². The number of benzene rings is 1. The van der Waals surface area contributed by atoms with Crippen molar-refractivity contribution < 1.29 is 4.79 Å². The second-order valence-electron chi connectivity index (χ2n) is 8.54. The first-order chi connectivity index (χ1) is 13.3. The molecule has 0 bridgehead atoms. The first-order valence-corrected chi connectivity index (χ1v) is 10.4. The quantitative estimate of drug-likeness (QED) is 0.866. The Morgan fingerprint density at radius 2 is 1.89 bits per heavy atom. The van der Waals surface area contributed by atoms with E-state index in [4.69, 9.17) is 5.10 Å². The van der Waals surface area contributed by atoms with E-state index in [0.29, 0.717) is 5.92 Å². The molecule has 1 atom stereocenters. The summed E-state index contributed by atoms with van der Waals surface area (Å²) in [6.07, 6.45) is 8.25. The number of carbonyl (C=O) groups is 1. The normalized spacial score (nSPS) is 24.2. The molecule has 2 saturated carbocycles. The molecule has 2 heterocycles. The average molecular weight is 364 g/mol. The summed E-state index contributed by atoms with van der Waals surface area (Å²) >= 11 is 0. The molecule has 27 heavy (non-hydrogen) atoms. The summed E-state index contributed by atoms with van der Waals surface area (Å²) in [5.74, 6) is 1.69. The van der Waals surface area contributed by atoms with Crippen LogP contribution in [0.4, 0.5) is 5.82 Å². The number of piperidine rings is 1. The van der Waals surface area contributed by atoms with Gasteiger partial charge in [0.25, 0.3) is 0 Å². The predicted octanol–water partition coefficient (Wildman–Crippen LogP) is 3.86. The topological polar surface area (TPSA) is 59.0 Å². The number of carbonyl (C=O) groups excluding carboxylic acids is 1. The Morgan fingerprint density at radius 3 is 2.63 bits per heavy atom. The van der Waals surface area contributed by atoms with E-state index in [2.05, 4.69) is 16.7 Å². The van der Waals surface area contributed by atoms with Crippen LogP contribution in [0.3, 0.4) is 0 Å². The van der Waals surface area contributed by atoms with Gasteiger partial charge >= 0.3 is 0 Å². The van der Waals surface area contributed by atoms with Crippen molar-refractivity contribution in [3.05, 3.63) is 42.1 Å². The second-order valence-corrected chi connectivity index (χ2v) is 8.54. The Kier molecular flexibility index (Phi) is 4.27. The van der Waals surface area contributed by atoms with Gasteiger partial charge in [0.1, 0.15) is 5.82 Å². The van der Waals surface area contributed by atoms with Crippen molar-refractivity contribution in [1.29, 1.82) is 0 Å². The highest BCUT2D eigenvalue weighted by atomic mass is 16.2. The highest BCUT2D eigenvalue weighted by molar-refractivity contribution is 5.94. The Bertz CT molecular complexity index is 816. The van der Waals surface area contributed by atoms with Crippen LogP contribution in [-0.2, 0) is 4.79 Å². The van der Waals surface area contributed by atoms with Gasteiger partial charge in [0.05, 0.1) is 11.4 Å². The van der Waals surface area contributed by atoms with Crippen LogP contribution in [0.5, 0.6) is 0 Å². The van der Waals surface area contributed by atoms with Crippen molar-refractivity contribution in [3.8, 4) is 5.69 Å². The maximum Gasteiger partial charge on any atom is 0.229 e. The van der Waals surface area contributed by atoms with Gasteiger partial charge in [-0.15, -0.1) is 0 Å². The summed E-state index contributed by atoms with van der Waals surface area (Å²) in [5.41, 5.74) is 2.38. The minimum Gasteiger partial charge on any atom is -0.317 e. The molecule has 1 aromatic carbocycles. The molecule has 1 unspecified atom stereocenters. The third-order valence-electron chi connectivity index (χ3n) is 6.86. The largest absolute Gasteiger partial charge is 0.317 e. The van der Waals surface area contributed by atoms with Gasteiger partial charge in [-0.25, -0.2) is 4.68 Å². The molecular weight excluding hydrogens is 336 g/mol. The number of nitrogens with zero attached hydrogens (tertiary/aromatic N) is 2. The van der Waals surface area contributed by atoms with E-state index in [1.165, 1.54) is 25.7 Å². The van der Waals surface area contributed by atoms with Crippen molar-refractivity contribution in [2.75, 3.05) is 18.4 Å². The van der Waals surface area contributed by atoms with Crippen LogP contribution in [0, 0.1) is 11.3 Å². The Labute approximate surface area is 160 Å². The zero-order valence-corrected chi connectivity index (χ0v) is 15.8. The van der Waals surface area contributed by atoms with Crippen molar-refractivity contribution >= 4 is 11.7 Å². The molecule has 5 rings (SSSR count). The molecule has 2 aliphatic carbocycles. The highest BCUT2D eigenvalue weighted by Gasteiger charge is 2.57. The van der Waals surface area contributed by atoms with E-state index >= 15 is 0 Å². The zero-order valence-electron chi connectivity index (χ0n) is 15.8. The standard InChI is InChI=1S/C22H28N4O/c27-21(18-15-22(18)10-12-23-13-11-22)24-20-14-19(16-6-4-5-7-16)25-26(20)17-8-2-1-3-9-17/h1-3,8-9,14,16,18,23H,4-7,10-13,15H2,(H,24,27). The maximum atomic E-state index is 13.0. The first-order valence-electron chi connectivity index (χ1n) is 10.4. The minimum atomic E-state index is 0.161. The molecule has 1 aromatic heterocycles. The van der Waals surface area contributed by atoms with Crippen LogP contribution < -0.4 is 10.6 Å². The summed E-state index contributed by atoms with van der Waals surface area (Å²) in [5, 5.41) is 11.5. The summed E-state index contributed by atoms with van der Waals surface area (Å²) in [7, 11) is 0. The zero-order chi connectivity index (χ0) is 18.3. The van der Waals surface area contributed by atoms with Crippen LogP contribution in [-0.4, -0.2) is 28.8 Å². The Hall–Kier alpha value is -2.14. The number of para-hydroxylation sites is 1.